The summed E-state index contributed by atoms with van der Waals surface area (Å²) in [4.78, 5) is 39.9. The van der Waals surface area contributed by atoms with E-state index in [1.165, 1.54) is 30.4 Å². The lowest BCUT2D eigenvalue weighted by molar-refractivity contribution is -0.124. The third kappa shape index (κ3) is 9.24. The first kappa shape index (κ1) is 36.2. The minimum absolute atomic E-state index is 0.124. The molecule has 5 rings (SSSR count). The number of nitrogens with one attached hydrogen (secondary N) is 1. The van der Waals surface area contributed by atoms with Gasteiger partial charge in [-0.2, -0.15) is 0 Å². The van der Waals surface area contributed by atoms with E-state index in [0.29, 0.717) is 41.7 Å². The second-order valence-electron chi connectivity index (χ2n) is 11.0. The fourth-order valence-electron chi connectivity index (χ4n) is 4.85. The average molecular weight is 720 g/mol. The first-order valence-electron chi connectivity index (χ1n) is 14.6. The summed E-state index contributed by atoms with van der Waals surface area (Å²) in [6.07, 6.45) is 0.496. The van der Waals surface area contributed by atoms with Gasteiger partial charge in [-0.15, -0.1) is 11.3 Å². The van der Waals surface area contributed by atoms with Crippen molar-refractivity contribution < 1.29 is 23.5 Å². The number of carbonyl (C=O) groups is 3. The van der Waals surface area contributed by atoms with Crippen LogP contribution in [0.3, 0.4) is 0 Å². The molecule has 13 heteroatoms. The lowest BCUT2D eigenvalue weighted by atomic mass is 9.88. The van der Waals surface area contributed by atoms with Crippen molar-refractivity contribution in [3.05, 3.63) is 98.1 Å². The molecule has 3 amide bonds. The summed E-state index contributed by atoms with van der Waals surface area (Å²) in [5, 5.41) is 4.14. The van der Waals surface area contributed by atoms with Crippen LogP contribution in [-0.2, 0) is 9.59 Å². The fourth-order valence-corrected chi connectivity index (χ4v) is 6.81. The number of hydrogen-bond acceptors (Lipinski definition) is 6. The standard InChI is InChI=1S/C27H27Cl3N4O4S.C7H7F/c1-15(35)33-10-13-38-22-21(16-2-4-17(28)5-3-16)23(19-7-6-18(29)14-20(19)30)39-24(22)25(36)34-11-8-27(32,9-12-34)26(31)37;1-6-2-4-7(8)5-3-6/h2-7,14H,8-13,32H2,1H3,(H2,31,37)(H,33,35);2-5H,1H3. The molecule has 0 spiro atoms. The monoisotopic (exact) mass is 718 g/mol. The molecule has 1 saturated heterocycles. The zero-order valence-electron chi connectivity index (χ0n) is 25.7. The van der Waals surface area contributed by atoms with E-state index in [1.807, 2.05) is 19.1 Å². The minimum atomic E-state index is -1.15. The number of hydrogen-bond donors (Lipinski definition) is 3. The highest BCUT2D eigenvalue weighted by atomic mass is 35.5. The molecule has 0 atom stereocenters. The van der Waals surface area contributed by atoms with Gasteiger partial charge in [-0.05, 0) is 61.7 Å². The number of likely N-dealkylation sites (tertiary alicyclic amines) is 1. The number of primary amides is 1. The van der Waals surface area contributed by atoms with Crippen LogP contribution in [0.25, 0.3) is 21.6 Å². The number of halogens is 4. The highest BCUT2D eigenvalue weighted by molar-refractivity contribution is 7.18. The van der Waals surface area contributed by atoms with Crippen LogP contribution in [0.1, 0.15) is 35.0 Å². The van der Waals surface area contributed by atoms with Gasteiger partial charge >= 0.3 is 0 Å². The number of rotatable bonds is 8. The van der Waals surface area contributed by atoms with Gasteiger partial charge in [0.1, 0.15) is 17.3 Å². The molecule has 47 heavy (non-hydrogen) atoms. The third-order valence-electron chi connectivity index (χ3n) is 7.53. The lowest BCUT2D eigenvalue weighted by Crippen LogP contribution is -2.58. The average Bonchev–Trinajstić information content (AvgIpc) is 3.40. The molecule has 0 saturated carbocycles. The van der Waals surface area contributed by atoms with Crippen LogP contribution in [-0.4, -0.2) is 54.4 Å². The number of nitrogens with zero attached hydrogens (tertiary/aromatic N) is 1. The first-order valence-corrected chi connectivity index (χ1v) is 16.6. The molecular formula is C34H34Cl3FN4O4S. The zero-order valence-corrected chi connectivity index (χ0v) is 28.8. The Bertz CT molecular complexity index is 1720. The minimum Gasteiger partial charge on any atom is -0.489 e. The van der Waals surface area contributed by atoms with E-state index in [9.17, 15) is 18.8 Å². The second-order valence-corrected chi connectivity index (χ2v) is 13.3. The van der Waals surface area contributed by atoms with E-state index in [0.717, 1.165) is 11.1 Å². The van der Waals surface area contributed by atoms with Gasteiger partial charge in [-0.1, -0.05) is 70.7 Å². The molecule has 0 bridgehead atoms. The van der Waals surface area contributed by atoms with Gasteiger partial charge in [0, 0.05) is 46.1 Å². The molecule has 1 aliphatic heterocycles. The van der Waals surface area contributed by atoms with E-state index in [4.69, 9.17) is 51.0 Å². The highest BCUT2D eigenvalue weighted by Crippen LogP contribution is 2.50. The molecule has 8 nitrogen and oxygen atoms in total. The Morgan fingerprint density at radius 3 is 2.15 bits per heavy atom. The van der Waals surface area contributed by atoms with Crippen molar-refractivity contribution in [2.24, 2.45) is 11.5 Å². The Morgan fingerprint density at radius 2 is 1.60 bits per heavy atom. The SMILES string of the molecule is CC(=O)NCCOc1c(C(=O)N2CCC(N)(C(N)=O)CC2)sc(-c2ccc(Cl)cc2Cl)c1-c1ccc(Cl)cc1.Cc1ccc(F)cc1. The highest BCUT2D eigenvalue weighted by Gasteiger charge is 2.39. The molecule has 0 aliphatic carbocycles. The maximum atomic E-state index is 13.9. The van der Waals surface area contributed by atoms with Gasteiger partial charge < -0.3 is 26.4 Å². The Labute approximate surface area is 291 Å². The lowest BCUT2D eigenvalue weighted by Gasteiger charge is -2.36. The normalized spacial score (nSPS) is 13.7. The maximum absolute atomic E-state index is 13.9. The van der Waals surface area contributed by atoms with Crippen LogP contribution in [0.5, 0.6) is 5.75 Å². The number of thiophene rings is 1. The van der Waals surface area contributed by atoms with Crippen molar-refractivity contribution in [2.45, 2.75) is 32.2 Å². The van der Waals surface area contributed by atoms with Crippen LogP contribution in [0.15, 0.2) is 66.7 Å². The van der Waals surface area contributed by atoms with Crippen molar-refractivity contribution >= 4 is 63.9 Å². The maximum Gasteiger partial charge on any atom is 0.267 e. The number of ether oxygens (including phenoxy) is 1. The topological polar surface area (TPSA) is 128 Å². The number of piperidine rings is 1. The van der Waals surface area contributed by atoms with Gasteiger partial charge in [0.15, 0.2) is 5.75 Å². The van der Waals surface area contributed by atoms with E-state index >= 15 is 0 Å². The van der Waals surface area contributed by atoms with Crippen LogP contribution >= 0.6 is 46.1 Å². The molecule has 1 fully saturated rings. The van der Waals surface area contributed by atoms with Gasteiger partial charge in [0.05, 0.1) is 17.1 Å². The summed E-state index contributed by atoms with van der Waals surface area (Å²) >= 11 is 20.2. The summed E-state index contributed by atoms with van der Waals surface area (Å²) in [5.74, 6) is -0.862. The summed E-state index contributed by atoms with van der Waals surface area (Å²) in [6.45, 7) is 4.23. The molecule has 3 aromatic carbocycles. The Morgan fingerprint density at radius 1 is 0.979 bits per heavy atom. The van der Waals surface area contributed by atoms with Gasteiger partial charge in [0.2, 0.25) is 11.8 Å². The summed E-state index contributed by atoms with van der Waals surface area (Å²) in [5.41, 5.74) is 13.7. The van der Waals surface area contributed by atoms with Crippen molar-refractivity contribution in [1.82, 2.24) is 10.2 Å². The largest absolute Gasteiger partial charge is 0.489 e. The molecule has 2 heterocycles. The Balaban J connectivity index is 0.000000546. The summed E-state index contributed by atoms with van der Waals surface area (Å²) in [7, 11) is 0. The third-order valence-corrected chi connectivity index (χ3v) is 9.53. The van der Waals surface area contributed by atoms with Crippen molar-refractivity contribution in [3.8, 4) is 27.3 Å². The van der Waals surface area contributed by atoms with Crippen molar-refractivity contribution in [3.63, 3.8) is 0 Å². The molecule has 0 unspecified atom stereocenters. The molecule has 0 radical (unpaired) electrons. The first-order chi connectivity index (χ1) is 22.3. The number of carbonyl (C=O) groups excluding carboxylic acids is 3. The molecule has 5 N–H and O–H groups in total. The van der Waals surface area contributed by atoms with E-state index < -0.39 is 11.4 Å². The fraction of sp³-hybridized carbons (Fsp3) is 0.265. The molecule has 1 aliphatic rings. The Kier molecular flexibility index (Phi) is 12.3. The van der Waals surface area contributed by atoms with E-state index in [1.54, 1.807) is 47.4 Å². The van der Waals surface area contributed by atoms with E-state index in [2.05, 4.69) is 5.32 Å². The molecule has 248 valence electrons. The zero-order chi connectivity index (χ0) is 34.3. The van der Waals surface area contributed by atoms with Crippen LogP contribution in [0, 0.1) is 12.7 Å². The van der Waals surface area contributed by atoms with Crippen molar-refractivity contribution in [2.75, 3.05) is 26.2 Å². The van der Waals surface area contributed by atoms with E-state index in [-0.39, 0.29) is 56.7 Å². The second kappa shape index (κ2) is 16.0. The molecule has 1 aromatic heterocycles. The molecule has 4 aromatic rings. The van der Waals surface area contributed by atoms with Crippen molar-refractivity contribution in [1.29, 1.82) is 0 Å². The number of nitrogens with two attached hydrogens (primary N) is 2. The quantitative estimate of drug-likeness (QED) is 0.167. The van der Waals surface area contributed by atoms with Gasteiger partial charge in [-0.3, -0.25) is 14.4 Å². The van der Waals surface area contributed by atoms with Crippen LogP contribution < -0.4 is 21.5 Å². The van der Waals surface area contributed by atoms with Gasteiger partial charge in [0.25, 0.3) is 5.91 Å². The number of aryl methyl sites for hydroxylation is 1. The predicted molar refractivity (Wildman–Crippen MR) is 187 cm³/mol. The van der Waals surface area contributed by atoms with Crippen LogP contribution in [0.4, 0.5) is 4.39 Å². The summed E-state index contributed by atoms with van der Waals surface area (Å²) < 4.78 is 18.3. The smallest absolute Gasteiger partial charge is 0.267 e. The number of amides is 3. The van der Waals surface area contributed by atoms with Crippen LogP contribution in [0.2, 0.25) is 15.1 Å². The summed E-state index contributed by atoms with van der Waals surface area (Å²) in [6, 6.07) is 18.7. The molecular weight excluding hydrogens is 686 g/mol. The Hall–Kier alpha value is -3.67. The van der Waals surface area contributed by atoms with Gasteiger partial charge in [-0.25, -0.2) is 4.39 Å². The predicted octanol–water partition coefficient (Wildman–Crippen LogP) is 7.11. The number of benzene rings is 3.